The van der Waals surface area contributed by atoms with Crippen molar-refractivity contribution in [3.63, 3.8) is 0 Å². The lowest BCUT2D eigenvalue weighted by molar-refractivity contribution is 0.194. The van der Waals surface area contributed by atoms with E-state index in [-0.39, 0.29) is 23.6 Å². The molecule has 128 valence electrons. The molecule has 1 aliphatic rings. The van der Waals surface area contributed by atoms with E-state index in [0.717, 1.165) is 11.3 Å². The number of aromatic nitrogens is 3. The molecule has 0 spiro atoms. The molecule has 8 nitrogen and oxygen atoms in total. The van der Waals surface area contributed by atoms with E-state index in [1.807, 2.05) is 24.3 Å². The minimum absolute atomic E-state index is 0.0452. The van der Waals surface area contributed by atoms with E-state index in [2.05, 4.69) is 15.4 Å². The van der Waals surface area contributed by atoms with Gasteiger partial charge < -0.3 is 10.2 Å². The van der Waals surface area contributed by atoms with Crippen molar-refractivity contribution in [2.75, 3.05) is 18.6 Å². The van der Waals surface area contributed by atoms with E-state index in [4.69, 9.17) is 0 Å². The fourth-order valence-electron chi connectivity index (χ4n) is 2.66. The Morgan fingerprint density at radius 2 is 2.12 bits per heavy atom. The van der Waals surface area contributed by atoms with Crippen LogP contribution in [0.4, 0.5) is 4.79 Å². The maximum absolute atomic E-state index is 12.2. The molecule has 1 atom stereocenters. The van der Waals surface area contributed by atoms with Gasteiger partial charge in [-0.2, -0.15) is 5.10 Å². The van der Waals surface area contributed by atoms with Gasteiger partial charge in [0.05, 0.1) is 17.2 Å². The first kappa shape index (κ1) is 16.4. The van der Waals surface area contributed by atoms with Crippen LogP contribution in [0, 0.1) is 0 Å². The Balaban J connectivity index is 1.54. The minimum atomic E-state index is -3.00. The average molecular weight is 349 g/mol. The third-order valence-electron chi connectivity index (χ3n) is 4.14. The third kappa shape index (κ3) is 3.73. The van der Waals surface area contributed by atoms with Gasteiger partial charge in [-0.1, -0.05) is 12.1 Å². The van der Waals surface area contributed by atoms with Crippen LogP contribution in [0.15, 0.2) is 36.9 Å². The number of rotatable bonds is 4. The van der Waals surface area contributed by atoms with Crippen molar-refractivity contribution < 1.29 is 13.2 Å². The Morgan fingerprint density at radius 3 is 2.71 bits per heavy atom. The standard InChI is InChI=1S/C15H19N5O3S/c1-19(14-6-7-24(22,23)9-14)15(21)17-8-12-2-4-13(5-3-12)20-11-16-10-18-20/h2-5,10-11,14H,6-9H2,1H3,(H,17,21). The number of hydrogen-bond donors (Lipinski definition) is 1. The van der Waals surface area contributed by atoms with Crippen LogP contribution >= 0.6 is 0 Å². The molecule has 2 aromatic rings. The Hall–Kier alpha value is -2.42. The van der Waals surface area contributed by atoms with Crippen molar-refractivity contribution >= 4 is 15.9 Å². The van der Waals surface area contributed by atoms with E-state index in [9.17, 15) is 13.2 Å². The number of nitrogens with one attached hydrogen (secondary N) is 1. The number of urea groups is 1. The molecule has 3 rings (SSSR count). The number of carbonyl (C=O) groups is 1. The molecule has 0 bridgehead atoms. The van der Waals surface area contributed by atoms with Crippen LogP contribution in [-0.2, 0) is 16.4 Å². The predicted octanol–water partition coefficient (Wildman–Crippen LogP) is 0.596. The van der Waals surface area contributed by atoms with Crippen molar-refractivity contribution in [2.45, 2.75) is 19.0 Å². The number of amides is 2. The normalized spacial score (nSPS) is 19.1. The number of hydrogen-bond acceptors (Lipinski definition) is 5. The highest BCUT2D eigenvalue weighted by Crippen LogP contribution is 2.16. The van der Waals surface area contributed by atoms with Gasteiger partial charge in [-0.3, -0.25) is 0 Å². The fraction of sp³-hybridized carbons (Fsp3) is 0.400. The second kappa shape index (κ2) is 6.60. The summed E-state index contributed by atoms with van der Waals surface area (Å²) in [7, 11) is -1.37. The van der Waals surface area contributed by atoms with Gasteiger partial charge in [0.2, 0.25) is 0 Å². The van der Waals surface area contributed by atoms with E-state index < -0.39 is 9.84 Å². The van der Waals surface area contributed by atoms with E-state index in [1.54, 1.807) is 18.1 Å². The van der Waals surface area contributed by atoms with Crippen LogP contribution in [0.3, 0.4) is 0 Å². The summed E-state index contributed by atoms with van der Waals surface area (Å²) in [6.07, 6.45) is 3.58. The second-order valence-corrected chi connectivity index (χ2v) is 8.06. The van der Waals surface area contributed by atoms with Crippen molar-refractivity contribution in [2.24, 2.45) is 0 Å². The highest BCUT2D eigenvalue weighted by Gasteiger charge is 2.32. The Labute approximate surface area is 140 Å². The molecule has 1 unspecified atom stereocenters. The number of sulfone groups is 1. The molecule has 1 fully saturated rings. The lowest BCUT2D eigenvalue weighted by Crippen LogP contribution is -2.43. The van der Waals surface area contributed by atoms with Crippen LogP contribution in [0.25, 0.3) is 5.69 Å². The summed E-state index contributed by atoms with van der Waals surface area (Å²) in [6.45, 7) is 0.375. The summed E-state index contributed by atoms with van der Waals surface area (Å²) in [5.41, 5.74) is 1.83. The molecule has 0 radical (unpaired) electrons. The lowest BCUT2D eigenvalue weighted by atomic mass is 10.2. The largest absolute Gasteiger partial charge is 0.334 e. The van der Waals surface area contributed by atoms with Crippen molar-refractivity contribution in [3.05, 3.63) is 42.5 Å². The molecule has 0 saturated carbocycles. The summed E-state index contributed by atoms with van der Waals surface area (Å²) in [6, 6.07) is 7.07. The Bertz CT molecular complexity index is 802. The molecule has 24 heavy (non-hydrogen) atoms. The van der Waals surface area contributed by atoms with Crippen molar-refractivity contribution in [1.82, 2.24) is 25.0 Å². The maximum atomic E-state index is 12.2. The van der Waals surface area contributed by atoms with Gasteiger partial charge in [0, 0.05) is 19.6 Å². The summed E-state index contributed by atoms with van der Waals surface area (Å²) in [5.74, 6) is 0.197. The van der Waals surface area contributed by atoms with Crippen LogP contribution in [0.5, 0.6) is 0 Å². The second-order valence-electron chi connectivity index (χ2n) is 5.83. The topological polar surface area (TPSA) is 97.2 Å². The third-order valence-corrected chi connectivity index (χ3v) is 5.89. The van der Waals surface area contributed by atoms with E-state index >= 15 is 0 Å². The predicted molar refractivity (Wildman–Crippen MR) is 88.4 cm³/mol. The highest BCUT2D eigenvalue weighted by atomic mass is 32.2. The first-order valence-electron chi connectivity index (χ1n) is 7.60. The first-order chi connectivity index (χ1) is 11.4. The molecule has 1 saturated heterocycles. The first-order valence-corrected chi connectivity index (χ1v) is 9.42. The lowest BCUT2D eigenvalue weighted by Gasteiger charge is -2.23. The summed E-state index contributed by atoms with van der Waals surface area (Å²) >= 11 is 0. The maximum Gasteiger partial charge on any atom is 0.317 e. The molecule has 0 aliphatic carbocycles. The minimum Gasteiger partial charge on any atom is -0.334 e. The zero-order valence-electron chi connectivity index (χ0n) is 13.3. The van der Waals surface area contributed by atoms with Gasteiger partial charge in [-0.05, 0) is 24.1 Å². The molecule has 2 amide bonds. The quantitative estimate of drug-likeness (QED) is 0.871. The van der Waals surface area contributed by atoms with Gasteiger partial charge in [-0.25, -0.2) is 22.9 Å². The molecule has 1 aliphatic heterocycles. The molecule has 2 heterocycles. The highest BCUT2D eigenvalue weighted by molar-refractivity contribution is 7.91. The Morgan fingerprint density at radius 1 is 1.38 bits per heavy atom. The van der Waals surface area contributed by atoms with Gasteiger partial charge in [0.15, 0.2) is 9.84 Å². The zero-order valence-corrected chi connectivity index (χ0v) is 14.1. The van der Waals surface area contributed by atoms with E-state index in [0.29, 0.717) is 13.0 Å². The summed E-state index contributed by atoms with van der Waals surface area (Å²) in [5, 5.41) is 6.86. The van der Waals surface area contributed by atoms with Crippen molar-refractivity contribution in [3.8, 4) is 5.69 Å². The van der Waals surface area contributed by atoms with E-state index in [1.165, 1.54) is 11.2 Å². The van der Waals surface area contributed by atoms with Gasteiger partial charge in [-0.15, -0.1) is 0 Å². The summed E-state index contributed by atoms with van der Waals surface area (Å²) in [4.78, 5) is 17.5. The van der Waals surface area contributed by atoms with Gasteiger partial charge in [0.25, 0.3) is 0 Å². The summed E-state index contributed by atoms with van der Waals surface area (Å²) < 4.78 is 24.7. The molecule has 1 N–H and O–H groups in total. The average Bonchev–Trinajstić information content (AvgIpc) is 3.22. The number of carbonyl (C=O) groups excluding carboxylic acids is 1. The number of benzene rings is 1. The van der Waals surface area contributed by atoms with Crippen LogP contribution in [0.2, 0.25) is 0 Å². The fourth-order valence-corrected chi connectivity index (χ4v) is 4.43. The molecule has 1 aromatic heterocycles. The molecular formula is C15H19N5O3S. The molecule has 9 heteroatoms. The zero-order chi connectivity index (χ0) is 17.2. The molecule has 1 aromatic carbocycles. The SMILES string of the molecule is CN(C(=O)NCc1ccc(-n2cncn2)cc1)C1CCS(=O)(=O)C1. The monoisotopic (exact) mass is 349 g/mol. The van der Waals surface area contributed by atoms with Crippen LogP contribution in [0.1, 0.15) is 12.0 Å². The van der Waals surface area contributed by atoms with Crippen LogP contribution < -0.4 is 5.32 Å². The Kier molecular flexibility index (Phi) is 4.52. The van der Waals surface area contributed by atoms with Crippen molar-refractivity contribution in [1.29, 1.82) is 0 Å². The molecular weight excluding hydrogens is 330 g/mol. The number of nitrogens with zero attached hydrogens (tertiary/aromatic N) is 4. The van der Waals surface area contributed by atoms with Gasteiger partial charge in [0.1, 0.15) is 12.7 Å². The smallest absolute Gasteiger partial charge is 0.317 e. The van der Waals surface area contributed by atoms with Crippen LogP contribution in [-0.4, -0.2) is 58.7 Å². The van der Waals surface area contributed by atoms with Gasteiger partial charge >= 0.3 is 6.03 Å².